The second-order valence-corrected chi connectivity index (χ2v) is 10.2. The Labute approximate surface area is 220 Å². The van der Waals surface area contributed by atoms with Gasteiger partial charge in [-0.2, -0.15) is 0 Å². The lowest BCUT2D eigenvalue weighted by Gasteiger charge is -2.15. The summed E-state index contributed by atoms with van der Waals surface area (Å²) < 4.78 is 51.8. The quantitative estimate of drug-likeness (QED) is 0.251. The second kappa shape index (κ2) is 10.1. The van der Waals surface area contributed by atoms with E-state index in [0.29, 0.717) is 45.3 Å². The molecule has 0 aliphatic carbocycles. The monoisotopic (exact) mass is 530 g/mol. The third-order valence-electron chi connectivity index (χ3n) is 6.21. The SMILES string of the molecule is COc1cc2nccc(Oc3ccc(NS(=O)(=O)c4ccc(OC)c5ccccc45)cc3C)c2cc1OC. The first kappa shape index (κ1) is 25.2. The van der Waals surface area contributed by atoms with Crippen molar-refractivity contribution in [2.24, 2.45) is 0 Å². The van der Waals surface area contributed by atoms with Crippen LogP contribution in [-0.2, 0) is 10.0 Å². The molecule has 0 aliphatic heterocycles. The molecular formula is C29H26N2O6S. The molecule has 8 nitrogen and oxygen atoms in total. The summed E-state index contributed by atoms with van der Waals surface area (Å²) in [6.07, 6.45) is 1.65. The molecule has 0 aliphatic rings. The average molecular weight is 531 g/mol. The molecule has 1 aromatic heterocycles. The predicted molar refractivity (Wildman–Crippen MR) is 147 cm³/mol. The van der Waals surface area contributed by atoms with Gasteiger partial charge < -0.3 is 18.9 Å². The number of sulfonamides is 1. The highest BCUT2D eigenvalue weighted by atomic mass is 32.2. The van der Waals surface area contributed by atoms with Crippen LogP contribution in [0.4, 0.5) is 5.69 Å². The van der Waals surface area contributed by atoms with Gasteiger partial charge in [-0.15, -0.1) is 0 Å². The normalized spacial score (nSPS) is 11.4. The topological polar surface area (TPSA) is 96.0 Å². The first-order valence-corrected chi connectivity index (χ1v) is 13.2. The molecular weight excluding hydrogens is 504 g/mol. The van der Waals surface area contributed by atoms with E-state index in [4.69, 9.17) is 18.9 Å². The summed E-state index contributed by atoms with van der Waals surface area (Å²) in [7, 11) is 0.820. The third kappa shape index (κ3) is 4.64. The number of hydrogen-bond acceptors (Lipinski definition) is 7. The molecule has 1 N–H and O–H groups in total. The fourth-order valence-electron chi connectivity index (χ4n) is 4.35. The number of methoxy groups -OCH3 is 3. The molecule has 4 aromatic carbocycles. The maximum absolute atomic E-state index is 13.3. The predicted octanol–water partition coefficient (Wildman–Crippen LogP) is 6.32. The minimum absolute atomic E-state index is 0.166. The van der Waals surface area contributed by atoms with Crippen LogP contribution in [0.25, 0.3) is 21.7 Å². The highest BCUT2D eigenvalue weighted by Gasteiger charge is 2.20. The average Bonchev–Trinajstić information content (AvgIpc) is 2.93. The van der Waals surface area contributed by atoms with Gasteiger partial charge in [-0.3, -0.25) is 9.71 Å². The number of nitrogens with one attached hydrogen (secondary N) is 1. The molecule has 0 atom stereocenters. The summed E-state index contributed by atoms with van der Waals surface area (Å²) in [6, 6.07) is 20.9. The fraction of sp³-hybridized carbons (Fsp3) is 0.138. The smallest absolute Gasteiger partial charge is 0.262 e. The first-order valence-electron chi connectivity index (χ1n) is 11.7. The Balaban J connectivity index is 1.45. The van der Waals surface area contributed by atoms with Gasteiger partial charge in [-0.25, -0.2) is 8.42 Å². The Morgan fingerprint density at radius 1 is 0.684 bits per heavy atom. The van der Waals surface area contributed by atoms with Gasteiger partial charge >= 0.3 is 0 Å². The summed E-state index contributed by atoms with van der Waals surface area (Å²) in [5.41, 5.74) is 1.85. The first-order chi connectivity index (χ1) is 18.3. The van der Waals surface area contributed by atoms with Crippen molar-refractivity contribution < 1.29 is 27.4 Å². The second-order valence-electron chi connectivity index (χ2n) is 8.53. The zero-order valence-electron chi connectivity index (χ0n) is 21.3. The number of fused-ring (bicyclic) bond motifs is 2. The van der Waals surface area contributed by atoms with E-state index in [0.717, 1.165) is 16.3 Å². The van der Waals surface area contributed by atoms with Gasteiger partial charge in [0.1, 0.15) is 17.2 Å². The molecule has 0 spiro atoms. The summed E-state index contributed by atoms with van der Waals surface area (Å²) >= 11 is 0. The molecule has 0 amide bonds. The largest absolute Gasteiger partial charge is 0.496 e. The van der Waals surface area contributed by atoms with Crippen molar-refractivity contribution in [1.82, 2.24) is 4.98 Å². The molecule has 38 heavy (non-hydrogen) atoms. The zero-order chi connectivity index (χ0) is 26.9. The maximum atomic E-state index is 13.3. The number of pyridine rings is 1. The van der Waals surface area contributed by atoms with Crippen molar-refractivity contribution in [3.63, 3.8) is 0 Å². The van der Waals surface area contributed by atoms with Crippen molar-refractivity contribution in [2.75, 3.05) is 26.1 Å². The molecule has 5 rings (SSSR count). The van der Waals surface area contributed by atoms with Gasteiger partial charge in [0, 0.05) is 34.1 Å². The van der Waals surface area contributed by atoms with E-state index in [9.17, 15) is 8.42 Å². The number of nitrogens with zero attached hydrogens (tertiary/aromatic N) is 1. The Morgan fingerprint density at radius 3 is 2.08 bits per heavy atom. The summed E-state index contributed by atoms with van der Waals surface area (Å²) in [6.45, 7) is 1.85. The molecule has 0 bridgehead atoms. The van der Waals surface area contributed by atoms with Crippen molar-refractivity contribution in [2.45, 2.75) is 11.8 Å². The van der Waals surface area contributed by atoms with Gasteiger partial charge in [0.15, 0.2) is 11.5 Å². The molecule has 5 aromatic rings. The minimum atomic E-state index is -3.88. The minimum Gasteiger partial charge on any atom is -0.496 e. The Bertz CT molecular complexity index is 1770. The van der Waals surface area contributed by atoms with E-state index in [1.54, 1.807) is 82.1 Å². The lowest BCUT2D eigenvalue weighted by molar-refractivity contribution is 0.355. The van der Waals surface area contributed by atoms with Crippen LogP contribution in [0.2, 0.25) is 0 Å². The molecule has 1 heterocycles. The van der Waals surface area contributed by atoms with E-state index in [1.165, 1.54) is 0 Å². The van der Waals surface area contributed by atoms with Crippen molar-refractivity contribution in [1.29, 1.82) is 0 Å². The number of hydrogen-bond donors (Lipinski definition) is 1. The van der Waals surface area contributed by atoms with Crippen molar-refractivity contribution in [3.8, 4) is 28.7 Å². The standard InChI is InChI=1S/C29H26N2O6S/c1-18-15-19(31-38(32,33)29-12-11-25(34-2)20-7-5-6-8-21(20)29)9-10-24(18)37-26-13-14-30-23-17-28(36-4)27(35-3)16-22(23)26/h5-17,31H,1-4H3. The van der Waals surface area contributed by atoms with Crippen LogP contribution in [0.15, 0.2) is 83.9 Å². The number of benzene rings is 4. The van der Waals surface area contributed by atoms with E-state index in [-0.39, 0.29) is 4.90 Å². The van der Waals surface area contributed by atoms with Gasteiger partial charge in [0.25, 0.3) is 10.0 Å². The highest BCUT2D eigenvalue weighted by molar-refractivity contribution is 7.93. The maximum Gasteiger partial charge on any atom is 0.262 e. The summed E-state index contributed by atoms with van der Waals surface area (Å²) in [5, 5.41) is 2.05. The number of anilines is 1. The van der Waals surface area contributed by atoms with Gasteiger partial charge in [0.05, 0.1) is 31.7 Å². The van der Waals surface area contributed by atoms with E-state index >= 15 is 0 Å². The zero-order valence-corrected chi connectivity index (χ0v) is 22.1. The number of rotatable bonds is 8. The van der Waals surface area contributed by atoms with Crippen LogP contribution in [-0.4, -0.2) is 34.7 Å². The molecule has 0 saturated carbocycles. The van der Waals surface area contributed by atoms with Crippen LogP contribution in [0.5, 0.6) is 28.7 Å². The van der Waals surface area contributed by atoms with E-state index < -0.39 is 10.0 Å². The lowest BCUT2D eigenvalue weighted by Crippen LogP contribution is -2.13. The van der Waals surface area contributed by atoms with Crippen LogP contribution in [0.1, 0.15) is 5.56 Å². The van der Waals surface area contributed by atoms with Crippen LogP contribution in [0.3, 0.4) is 0 Å². The highest BCUT2D eigenvalue weighted by Crippen LogP contribution is 2.38. The molecule has 0 unspecified atom stereocenters. The Hall–Kier alpha value is -4.50. The third-order valence-corrected chi connectivity index (χ3v) is 7.65. The summed E-state index contributed by atoms with van der Waals surface area (Å²) in [5.74, 6) is 2.89. The lowest BCUT2D eigenvalue weighted by atomic mass is 10.1. The number of aromatic nitrogens is 1. The van der Waals surface area contributed by atoms with Gasteiger partial charge in [-0.1, -0.05) is 24.3 Å². The van der Waals surface area contributed by atoms with Gasteiger partial charge in [0.2, 0.25) is 0 Å². The van der Waals surface area contributed by atoms with Crippen molar-refractivity contribution >= 4 is 37.4 Å². The van der Waals surface area contributed by atoms with Crippen LogP contribution >= 0.6 is 0 Å². The van der Waals surface area contributed by atoms with Crippen molar-refractivity contribution in [3.05, 3.63) is 84.6 Å². The van der Waals surface area contributed by atoms with E-state index in [2.05, 4.69) is 9.71 Å². The van der Waals surface area contributed by atoms with Gasteiger partial charge in [-0.05, 0) is 55.0 Å². The molecule has 0 saturated heterocycles. The van der Waals surface area contributed by atoms with Crippen LogP contribution < -0.4 is 23.7 Å². The molecule has 194 valence electrons. The number of ether oxygens (including phenoxy) is 4. The number of aryl methyl sites for hydroxylation is 1. The molecule has 0 radical (unpaired) electrons. The molecule has 9 heteroatoms. The summed E-state index contributed by atoms with van der Waals surface area (Å²) in [4.78, 5) is 4.57. The van der Waals surface area contributed by atoms with Crippen LogP contribution in [0, 0.1) is 6.92 Å². The Kier molecular flexibility index (Phi) is 6.69. The Morgan fingerprint density at radius 2 is 1.37 bits per heavy atom. The fourth-order valence-corrected chi connectivity index (χ4v) is 5.61. The van der Waals surface area contributed by atoms with E-state index in [1.807, 2.05) is 25.1 Å². The molecule has 0 fully saturated rings.